The lowest BCUT2D eigenvalue weighted by Gasteiger charge is -2.38. The highest BCUT2D eigenvalue weighted by Gasteiger charge is 2.44. The van der Waals surface area contributed by atoms with Crippen LogP contribution in [0.3, 0.4) is 0 Å². The van der Waals surface area contributed by atoms with Gasteiger partial charge in [0.2, 0.25) is 5.91 Å². The van der Waals surface area contributed by atoms with Crippen molar-refractivity contribution in [2.75, 3.05) is 18.5 Å². The van der Waals surface area contributed by atoms with Crippen molar-refractivity contribution in [2.24, 2.45) is 5.41 Å². The van der Waals surface area contributed by atoms with E-state index in [2.05, 4.69) is 5.32 Å². The topological polar surface area (TPSA) is 55.4 Å². The minimum Gasteiger partial charge on any atom is -0.379 e. The van der Waals surface area contributed by atoms with Gasteiger partial charge in [-0.3, -0.25) is 9.59 Å². The van der Waals surface area contributed by atoms with Crippen molar-refractivity contribution in [3.8, 4) is 0 Å². The number of anilines is 1. The van der Waals surface area contributed by atoms with Gasteiger partial charge in [-0.2, -0.15) is 0 Å². The van der Waals surface area contributed by atoms with Crippen LogP contribution in [0.1, 0.15) is 30.6 Å². The van der Waals surface area contributed by atoms with E-state index < -0.39 is 5.41 Å². The van der Waals surface area contributed by atoms with Crippen molar-refractivity contribution in [1.29, 1.82) is 0 Å². The fraction of sp³-hybridized carbons (Fsp3) is 0.429. The van der Waals surface area contributed by atoms with Gasteiger partial charge < -0.3 is 10.1 Å². The Bertz CT molecular complexity index is 472. The summed E-state index contributed by atoms with van der Waals surface area (Å²) in [5.74, 6) is -0.0415. The molecule has 1 aromatic carbocycles. The van der Waals surface area contributed by atoms with Gasteiger partial charge in [0.25, 0.3) is 0 Å². The zero-order chi connectivity index (χ0) is 13.2. The van der Waals surface area contributed by atoms with Gasteiger partial charge in [0.05, 0.1) is 18.6 Å². The summed E-state index contributed by atoms with van der Waals surface area (Å²) in [7, 11) is 0. The third kappa shape index (κ3) is 2.29. The van der Waals surface area contributed by atoms with Crippen molar-refractivity contribution >= 4 is 17.4 Å². The number of rotatable bonds is 4. The van der Waals surface area contributed by atoms with Crippen molar-refractivity contribution in [2.45, 2.75) is 20.3 Å². The maximum Gasteiger partial charge on any atom is 0.235 e. The Hall–Kier alpha value is -1.68. The zero-order valence-corrected chi connectivity index (χ0v) is 10.7. The van der Waals surface area contributed by atoms with E-state index in [9.17, 15) is 9.59 Å². The Morgan fingerprint density at radius 3 is 2.61 bits per heavy atom. The number of hydrogen-bond acceptors (Lipinski definition) is 3. The summed E-state index contributed by atoms with van der Waals surface area (Å²) in [6.45, 7) is 4.44. The molecule has 1 aliphatic heterocycles. The third-order valence-corrected chi connectivity index (χ3v) is 3.44. The van der Waals surface area contributed by atoms with E-state index in [0.717, 1.165) is 6.42 Å². The first-order chi connectivity index (χ1) is 8.57. The van der Waals surface area contributed by atoms with E-state index in [-0.39, 0.29) is 11.7 Å². The van der Waals surface area contributed by atoms with Gasteiger partial charge in [0.15, 0.2) is 5.78 Å². The van der Waals surface area contributed by atoms with E-state index in [1.54, 1.807) is 24.3 Å². The number of ketones is 1. The van der Waals surface area contributed by atoms with E-state index in [0.29, 0.717) is 24.5 Å². The van der Waals surface area contributed by atoms with Gasteiger partial charge in [-0.15, -0.1) is 0 Å². The Labute approximate surface area is 106 Å². The molecule has 1 saturated heterocycles. The van der Waals surface area contributed by atoms with Crippen LogP contribution in [0.25, 0.3) is 0 Å². The van der Waals surface area contributed by atoms with Crippen LogP contribution < -0.4 is 5.32 Å². The summed E-state index contributed by atoms with van der Waals surface area (Å²) in [6, 6.07) is 6.98. The lowest BCUT2D eigenvalue weighted by Crippen LogP contribution is -2.51. The number of ether oxygens (including phenoxy) is 1. The third-order valence-electron chi connectivity index (χ3n) is 3.44. The second kappa shape index (κ2) is 4.90. The number of nitrogens with one attached hydrogen (secondary N) is 1. The van der Waals surface area contributed by atoms with Crippen LogP contribution >= 0.6 is 0 Å². The minimum absolute atomic E-state index is 0.0109. The summed E-state index contributed by atoms with van der Waals surface area (Å²) >= 11 is 0. The molecule has 1 aliphatic rings. The van der Waals surface area contributed by atoms with Crippen LogP contribution in [-0.2, 0) is 9.53 Å². The average molecular weight is 247 g/mol. The van der Waals surface area contributed by atoms with Gasteiger partial charge in [0.1, 0.15) is 0 Å². The molecule has 1 N–H and O–H groups in total. The smallest absolute Gasteiger partial charge is 0.235 e. The van der Waals surface area contributed by atoms with Gasteiger partial charge >= 0.3 is 0 Å². The molecule has 0 radical (unpaired) electrons. The average Bonchev–Trinajstić information content (AvgIpc) is 2.28. The summed E-state index contributed by atoms with van der Waals surface area (Å²) in [5.41, 5.74) is 0.863. The first kappa shape index (κ1) is 12.8. The van der Waals surface area contributed by atoms with E-state index >= 15 is 0 Å². The molecule has 0 aliphatic carbocycles. The molecule has 0 unspecified atom stereocenters. The van der Waals surface area contributed by atoms with Gasteiger partial charge in [-0.1, -0.05) is 19.1 Å². The summed E-state index contributed by atoms with van der Waals surface area (Å²) in [6.07, 6.45) is 0.755. The minimum atomic E-state index is -0.397. The summed E-state index contributed by atoms with van der Waals surface area (Å²) in [5, 5.41) is 2.86. The van der Waals surface area contributed by atoms with E-state index in [1.165, 1.54) is 6.92 Å². The Balaban J connectivity index is 2.12. The van der Waals surface area contributed by atoms with Crippen LogP contribution in [0, 0.1) is 5.41 Å². The van der Waals surface area contributed by atoms with Crippen LogP contribution in [0.15, 0.2) is 24.3 Å². The number of carbonyl (C=O) groups is 2. The number of amides is 1. The summed E-state index contributed by atoms with van der Waals surface area (Å²) in [4.78, 5) is 23.4. The van der Waals surface area contributed by atoms with Crippen LogP contribution in [0.4, 0.5) is 5.69 Å². The molecule has 1 fully saturated rings. The van der Waals surface area contributed by atoms with Crippen LogP contribution in [-0.4, -0.2) is 24.9 Å². The summed E-state index contributed by atoms with van der Waals surface area (Å²) < 4.78 is 5.13. The largest absolute Gasteiger partial charge is 0.379 e. The van der Waals surface area contributed by atoms with Crippen molar-refractivity contribution in [3.63, 3.8) is 0 Å². The molecule has 0 atom stereocenters. The molecule has 2 rings (SSSR count). The van der Waals surface area contributed by atoms with Crippen LogP contribution in [0.2, 0.25) is 0 Å². The monoisotopic (exact) mass is 247 g/mol. The highest BCUT2D eigenvalue weighted by Crippen LogP contribution is 2.32. The molecule has 1 heterocycles. The maximum atomic E-state index is 12.2. The molecule has 1 aromatic rings. The predicted octanol–water partition coefficient (Wildman–Crippen LogP) is 2.25. The standard InChI is InChI=1S/C14H17NO3/c1-3-14(8-18-9-14)13(17)15-12-6-4-5-11(7-12)10(2)16/h4-7H,3,8-9H2,1-2H3,(H,15,17). The molecule has 18 heavy (non-hydrogen) atoms. The zero-order valence-electron chi connectivity index (χ0n) is 10.7. The Morgan fingerprint density at radius 1 is 1.39 bits per heavy atom. The van der Waals surface area contributed by atoms with Gasteiger partial charge in [-0.05, 0) is 25.5 Å². The van der Waals surface area contributed by atoms with E-state index in [1.807, 2.05) is 6.92 Å². The highest BCUT2D eigenvalue weighted by atomic mass is 16.5. The lowest BCUT2D eigenvalue weighted by molar-refractivity contribution is -0.156. The van der Waals surface area contributed by atoms with E-state index in [4.69, 9.17) is 4.74 Å². The molecule has 0 aromatic heterocycles. The van der Waals surface area contributed by atoms with Crippen LogP contribution in [0.5, 0.6) is 0 Å². The second-order valence-electron chi connectivity index (χ2n) is 4.72. The maximum absolute atomic E-state index is 12.2. The SMILES string of the molecule is CCC1(C(=O)Nc2cccc(C(C)=O)c2)COC1. The number of hydrogen-bond donors (Lipinski definition) is 1. The van der Waals surface area contributed by atoms with Crippen molar-refractivity contribution in [1.82, 2.24) is 0 Å². The fourth-order valence-corrected chi connectivity index (χ4v) is 1.92. The molecule has 4 heteroatoms. The van der Waals surface area contributed by atoms with Crippen molar-refractivity contribution in [3.05, 3.63) is 29.8 Å². The molecular weight excluding hydrogens is 230 g/mol. The molecule has 0 saturated carbocycles. The number of benzene rings is 1. The molecular formula is C14H17NO3. The molecule has 0 bridgehead atoms. The first-order valence-electron chi connectivity index (χ1n) is 6.07. The van der Waals surface area contributed by atoms with Gasteiger partial charge in [0, 0.05) is 11.3 Å². The Kier molecular flexibility index (Phi) is 3.48. The highest BCUT2D eigenvalue weighted by molar-refractivity contribution is 5.99. The quantitative estimate of drug-likeness (QED) is 0.830. The normalized spacial score (nSPS) is 16.8. The van der Waals surface area contributed by atoms with Crippen molar-refractivity contribution < 1.29 is 14.3 Å². The lowest BCUT2D eigenvalue weighted by atomic mass is 9.82. The number of carbonyl (C=O) groups excluding carboxylic acids is 2. The van der Waals surface area contributed by atoms with Gasteiger partial charge in [-0.25, -0.2) is 0 Å². The Morgan fingerprint density at radius 2 is 2.11 bits per heavy atom. The molecule has 96 valence electrons. The molecule has 4 nitrogen and oxygen atoms in total. The molecule has 1 amide bonds. The second-order valence-corrected chi connectivity index (χ2v) is 4.72. The first-order valence-corrected chi connectivity index (χ1v) is 6.07. The predicted molar refractivity (Wildman–Crippen MR) is 68.6 cm³/mol. The fourth-order valence-electron chi connectivity index (χ4n) is 1.92. The molecule has 0 spiro atoms. The number of Topliss-reactive ketones (excluding diaryl/α,β-unsaturated/α-hetero) is 1.